The summed E-state index contributed by atoms with van der Waals surface area (Å²) in [6, 6.07) is 15.8. The summed E-state index contributed by atoms with van der Waals surface area (Å²) in [5.41, 5.74) is 3.43. The molecule has 0 aliphatic rings. The van der Waals surface area contributed by atoms with E-state index in [0.717, 1.165) is 16.8 Å². The van der Waals surface area contributed by atoms with Gasteiger partial charge in [-0.3, -0.25) is 9.59 Å². The normalized spacial score (nSPS) is 10.3. The molecule has 0 saturated carbocycles. The van der Waals surface area contributed by atoms with E-state index >= 15 is 0 Å². The Morgan fingerprint density at radius 2 is 1.85 bits per heavy atom. The number of rotatable bonds is 6. The predicted octanol–water partition coefficient (Wildman–Crippen LogP) is 4.17. The van der Waals surface area contributed by atoms with Crippen molar-refractivity contribution in [3.8, 4) is 5.75 Å². The lowest BCUT2D eigenvalue weighted by Crippen LogP contribution is -2.20. The third kappa shape index (κ3) is 4.98. The van der Waals surface area contributed by atoms with Gasteiger partial charge in [-0.25, -0.2) is 0 Å². The Labute approximate surface area is 157 Å². The van der Waals surface area contributed by atoms with Crippen LogP contribution in [0.1, 0.15) is 21.7 Å². The summed E-state index contributed by atoms with van der Waals surface area (Å²) >= 11 is 0. The molecule has 2 aromatic carbocycles. The number of carbonyl (C=O) groups is 2. The fourth-order valence-corrected chi connectivity index (χ4v) is 2.55. The third-order valence-electron chi connectivity index (χ3n) is 3.86. The van der Waals surface area contributed by atoms with Crippen LogP contribution in [0.25, 0.3) is 0 Å². The van der Waals surface area contributed by atoms with E-state index in [2.05, 4.69) is 10.6 Å². The van der Waals surface area contributed by atoms with Crippen LogP contribution in [0.3, 0.4) is 0 Å². The zero-order chi connectivity index (χ0) is 19.2. The molecule has 3 rings (SSSR count). The first-order valence-electron chi connectivity index (χ1n) is 8.46. The van der Waals surface area contributed by atoms with Crippen molar-refractivity contribution >= 4 is 23.2 Å². The van der Waals surface area contributed by atoms with Crippen LogP contribution in [0.15, 0.2) is 65.3 Å². The molecule has 0 saturated heterocycles. The second-order valence-corrected chi connectivity index (χ2v) is 6.11. The van der Waals surface area contributed by atoms with Crippen LogP contribution in [0, 0.1) is 13.8 Å². The lowest BCUT2D eigenvalue weighted by molar-refractivity contribution is -0.118. The number of ether oxygens (including phenoxy) is 1. The topological polar surface area (TPSA) is 80.6 Å². The van der Waals surface area contributed by atoms with Crippen LogP contribution in [-0.2, 0) is 4.79 Å². The standard InChI is InChI=1S/C21H20N2O4/c1-14-8-9-18(15(2)11-14)23-20(24)13-27-17-6-3-5-16(12-17)22-21(25)19-7-4-10-26-19/h3-12H,13H2,1-2H3,(H,22,25)(H,23,24). The smallest absolute Gasteiger partial charge is 0.291 e. The largest absolute Gasteiger partial charge is 0.484 e. The van der Waals surface area contributed by atoms with E-state index in [1.54, 1.807) is 36.4 Å². The highest BCUT2D eigenvalue weighted by atomic mass is 16.5. The van der Waals surface area contributed by atoms with Gasteiger partial charge >= 0.3 is 0 Å². The number of carbonyl (C=O) groups excluding carboxylic acids is 2. The maximum Gasteiger partial charge on any atom is 0.291 e. The third-order valence-corrected chi connectivity index (χ3v) is 3.86. The van der Waals surface area contributed by atoms with Gasteiger partial charge in [-0.05, 0) is 49.7 Å². The van der Waals surface area contributed by atoms with Gasteiger partial charge in [0.1, 0.15) is 5.75 Å². The molecule has 0 bridgehead atoms. The highest BCUT2D eigenvalue weighted by molar-refractivity contribution is 6.02. The predicted molar refractivity (Wildman–Crippen MR) is 103 cm³/mol. The Bertz CT molecular complexity index is 949. The van der Waals surface area contributed by atoms with Crippen molar-refractivity contribution in [3.63, 3.8) is 0 Å². The molecule has 27 heavy (non-hydrogen) atoms. The summed E-state index contributed by atoms with van der Waals surface area (Å²) in [7, 11) is 0. The molecule has 2 amide bonds. The molecule has 138 valence electrons. The van der Waals surface area contributed by atoms with Crippen molar-refractivity contribution in [2.45, 2.75) is 13.8 Å². The fourth-order valence-electron chi connectivity index (χ4n) is 2.55. The Kier molecular flexibility index (Phi) is 5.56. The molecule has 3 aromatic rings. The van der Waals surface area contributed by atoms with Crippen LogP contribution >= 0.6 is 0 Å². The number of hydrogen-bond acceptors (Lipinski definition) is 4. The molecule has 2 N–H and O–H groups in total. The molecule has 6 nitrogen and oxygen atoms in total. The highest BCUT2D eigenvalue weighted by Crippen LogP contribution is 2.19. The number of anilines is 2. The van der Waals surface area contributed by atoms with Gasteiger partial charge in [0.2, 0.25) is 0 Å². The summed E-state index contributed by atoms with van der Waals surface area (Å²) < 4.78 is 10.6. The number of amides is 2. The molecule has 6 heteroatoms. The van der Waals surface area contributed by atoms with Crippen LogP contribution in [-0.4, -0.2) is 18.4 Å². The fraction of sp³-hybridized carbons (Fsp3) is 0.143. The molecule has 0 aliphatic heterocycles. The van der Waals surface area contributed by atoms with Crippen molar-refractivity contribution in [2.24, 2.45) is 0 Å². The van der Waals surface area contributed by atoms with Gasteiger partial charge in [-0.15, -0.1) is 0 Å². The minimum Gasteiger partial charge on any atom is -0.484 e. The average Bonchev–Trinajstić information content (AvgIpc) is 3.18. The Morgan fingerprint density at radius 3 is 2.59 bits per heavy atom. The first-order valence-corrected chi connectivity index (χ1v) is 8.46. The highest BCUT2D eigenvalue weighted by Gasteiger charge is 2.10. The Balaban J connectivity index is 1.56. The number of benzene rings is 2. The van der Waals surface area contributed by atoms with Gasteiger partial charge in [0, 0.05) is 17.4 Å². The molecule has 0 spiro atoms. The lowest BCUT2D eigenvalue weighted by Gasteiger charge is -2.11. The number of furan rings is 1. The van der Waals surface area contributed by atoms with Crippen molar-refractivity contribution in [1.82, 2.24) is 0 Å². The molecule has 0 aliphatic carbocycles. The van der Waals surface area contributed by atoms with E-state index in [0.29, 0.717) is 11.4 Å². The van der Waals surface area contributed by atoms with Crippen molar-refractivity contribution < 1.29 is 18.7 Å². The maximum absolute atomic E-state index is 12.1. The van der Waals surface area contributed by atoms with E-state index in [-0.39, 0.29) is 24.2 Å². The van der Waals surface area contributed by atoms with E-state index < -0.39 is 0 Å². The summed E-state index contributed by atoms with van der Waals surface area (Å²) in [6.45, 7) is 3.80. The van der Waals surface area contributed by atoms with Crippen molar-refractivity contribution in [3.05, 3.63) is 77.7 Å². The van der Waals surface area contributed by atoms with E-state index in [1.165, 1.54) is 6.26 Å². The summed E-state index contributed by atoms with van der Waals surface area (Å²) in [4.78, 5) is 24.1. The maximum atomic E-state index is 12.1. The number of nitrogens with one attached hydrogen (secondary N) is 2. The van der Waals surface area contributed by atoms with Gasteiger partial charge in [0.25, 0.3) is 11.8 Å². The summed E-state index contributed by atoms with van der Waals surface area (Å²) in [5.74, 6) is 0.0777. The molecule has 0 atom stereocenters. The Hall–Kier alpha value is -3.54. The SMILES string of the molecule is Cc1ccc(NC(=O)COc2cccc(NC(=O)c3ccco3)c2)c(C)c1. The van der Waals surface area contributed by atoms with Crippen molar-refractivity contribution in [2.75, 3.05) is 17.2 Å². The van der Waals surface area contributed by atoms with E-state index in [1.807, 2.05) is 32.0 Å². The minimum absolute atomic E-state index is 0.136. The zero-order valence-electron chi connectivity index (χ0n) is 15.1. The monoisotopic (exact) mass is 364 g/mol. The Morgan fingerprint density at radius 1 is 1.00 bits per heavy atom. The molecule has 0 unspecified atom stereocenters. The molecule has 0 radical (unpaired) electrons. The number of hydrogen-bond donors (Lipinski definition) is 2. The molecular weight excluding hydrogens is 344 g/mol. The number of aryl methyl sites for hydroxylation is 2. The second kappa shape index (κ2) is 8.23. The first-order chi connectivity index (χ1) is 13.0. The van der Waals surface area contributed by atoms with Gasteiger partial charge in [0.05, 0.1) is 6.26 Å². The quantitative estimate of drug-likeness (QED) is 0.688. The second-order valence-electron chi connectivity index (χ2n) is 6.11. The van der Waals surface area contributed by atoms with Gasteiger partial charge in [0.15, 0.2) is 12.4 Å². The molecule has 0 fully saturated rings. The van der Waals surface area contributed by atoms with Crippen LogP contribution < -0.4 is 15.4 Å². The van der Waals surface area contributed by atoms with E-state index in [4.69, 9.17) is 9.15 Å². The summed E-state index contributed by atoms with van der Waals surface area (Å²) in [6.07, 6.45) is 1.43. The first kappa shape index (κ1) is 18.3. The zero-order valence-corrected chi connectivity index (χ0v) is 15.1. The molecule has 1 aromatic heterocycles. The van der Waals surface area contributed by atoms with Crippen LogP contribution in [0.4, 0.5) is 11.4 Å². The van der Waals surface area contributed by atoms with Gasteiger partial charge in [-0.1, -0.05) is 23.8 Å². The van der Waals surface area contributed by atoms with Crippen LogP contribution in [0.2, 0.25) is 0 Å². The lowest BCUT2D eigenvalue weighted by atomic mass is 10.1. The average molecular weight is 364 g/mol. The molecular formula is C21H20N2O4. The van der Waals surface area contributed by atoms with Crippen molar-refractivity contribution in [1.29, 1.82) is 0 Å². The van der Waals surface area contributed by atoms with Crippen LogP contribution in [0.5, 0.6) is 5.75 Å². The van der Waals surface area contributed by atoms with E-state index in [9.17, 15) is 9.59 Å². The summed E-state index contributed by atoms with van der Waals surface area (Å²) in [5, 5.41) is 5.54. The minimum atomic E-state index is -0.357. The van der Waals surface area contributed by atoms with Gasteiger partial charge in [-0.2, -0.15) is 0 Å². The molecule has 1 heterocycles. The van der Waals surface area contributed by atoms with Gasteiger partial charge < -0.3 is 19.8 Å².